The van der Waals surface area contributed by atoms with Crippen molar-refractivity contribution in [3.05, 3.63) is 29.6 Å². The topological polar surface area (TPSA) is 40.6 Å². The maximum atomic E-state index is 13.9. The molecule has 4 nitrogen and oxygen atoms in total. The molecule has 2 aliphatic rings. The van der Waals surface area contributed by atoms with E-state index in [1.807, 2.05) is 0 Å². The first-order valence-corrected chi connectivity index (χ1v) is 6.70. The lowest BCUT2D eigenvalue weighted by molar-refractivity contribution is -0.143. The standard InChI is InChI=1S/C14H13F3N2O2/c1-7-13(20)18-6-2-3-10(18)14(21)19(7)9-5-4-8(15)11(16)12(9)17/h4-5,7,10H,2-3,6H2,1H3. The molecular formula is C14H13F3N2O2. The Balaban J connectivity index is 2.07. The Kier molecular flexibility index (Phi) is 3.15. The number of hydrogen-bond acceptors (Lipinski definition) is 2. The zero-order valence-corrected chi connectivity index (χ0v) is 11.3. The fourth-order valence-electron chi connectivity index (χ4n) is 3.02. The maximum absolute atomic E-state index is 13.9. The predicted molar refractivity (Wildman–Crippen MR) is 68.0 cm³/mol. The molecule has 1 aromatic rings. The summed E-state index contributed by atoms with van der Waals surface area (Å²) in [4.78, 5) is 27.1. The molecule has 0 spiro atoms. The highest BCUT2D eigenvalue weighted by Crippen LogP contribution is 2.33. The smallest absolute Gasteiger partial charge is 0.250 e. The average molecular weight is 298 g/mol. The monoisotopic (exact) mass is 298 g/mol. The molecule has 2 amide bonds. The van der Waals surface area contributed by atoms with Gasteiger partial charge in [0.1, 0.15) is 12.1 Å². The molecule has 2 fully saturated rings. The highest BCUT2D eigenvalue weighted by molar-refractivity contribution is 6.08. The second-order valence-corrected chi connectivity index (χ2v) is 5.27. The van der Waals surface area contributed by atoms with Gasteiger partial charge in [-0.15, -0.1) is 0 Å². The number of carbonyl (C=O) groups is 2. The third-order valence-corrected chi connectivity index (χ3v) is 4.08. The van der Waals surface area contributed by atoms with Crippen molar-refractivity contribution in [2.45, 2.75) is 31.8 Å². The molecule has 0 radical (unpaired) electrons. The van der Waals surface area contributed by atoms with Crippen LogP contribution in [0.25, 0.3) is 0 Å². The van der Waals surface area contributed by atoms with Gasteiger partial charge in [-0.3, -0.25) is 14.5 Å². The van der Waals surface area contributed by atoms with Gasteiger partial charge >= 0.3 is 0 Å². The lowest BCUT2D eigenvalue weighted by Crippen LogP contribution is -2.62. The number of piperazine rings is 1. The van der Waals surface area contributed by atoms with E-state index >= 15 is 0 Å². The van der Waals surface area contributed by atoms with Crippen molar-refractivity contribution in [1.82, 2.24) is 4.90 Å². The molecule has 0 N–H and O–H groups in total. The molecule has 0 saturated carbocycles. The van der Waals surface area contributed by atoms with Crippen molar-refractivity contribution in [2.24, 2.45) is 0 Å². The lowest BCUT2D eigenvalue weighted by atomic mass is 10.0. The largest absolute Gasteiger partial charge is 0.329 e. The normalized spacial score (nSPS) is 25.5. The predicted octanol–water partition coefficient (Wildman–Crippen LogP) is 1.83. The van der Waals surface area contributed by atoms with Crippen molar-refractivity contribution >= 4 is 17.5 Å². The summed E-state index contributed by atoms with van der Waals surface area (Å²) in [6.45, 7) is 1.95. The van der Waals surface area contributed by atoms with Gasteiger partial charge in [0.05, 0.1) is 5.69 Å². The van der Waals surface area contributed by atoms with E-state index < -0.39 is 41.1 Å². The van der Waals surface area contributed by atoms with Gasteiger partial charge in [-0.25, -0.2) is 13.2 Å². The van der Waals surface area contributed by atoms with E-state index in [0.717, 1.165) is 17.0 Å². The summed E-state index contributed by atoms with van der Waals surface area (Å²) in [5.74, 6) is -5.18. The summed E-state index contributed by atoms with van der Waals surface area (Å²) in [6, 6.07) is 0.159. The zero-order valence-electron chi connectivity index (χ0n) is 11.3. The third-order valence-electron chi connectivity index (χ3n) is 4.08. The second-order valence-electron chi connectivity index (χ2n) is 5.27. The summed E-state index contributed by atoms with van der Waals surface area (Å²) in [7, 11) is 0. The molecular weight excluding hydrogens is 285 g/mol. The van der Waals surface area contributed by atoms with Crippen molar-refractivity contribution in [2.75, 3.05) is 11.4 Å². The van der Waals surface area contributed by atoms with Crippen LogP contribution in [-0.2, 0) is 9.59 Å². The van der Waals surface area contributed by atoms with E-state index in [0.29, 0.717) is 19.4 Å². The van der Waals surface area contributed by atoms with Crippen LogP contribution in [0.15, 0.2) is 12.1 Å². The molecule has 2 heterocycles. The van der Waals surface area contributed by atoms with E-state index in [1.54, 1.807) is 0 Å². The van der Waals surface area contributed by atoms with Crippen molar-refractivity contribution in [3.8, 4) is 0 Å². The first kappa shape index (κ1) is 13.9. The van der Waals surface area contributed by atoms with Gasteiger partial charge in [0.2, 0.25) is 5.91 Å². The van der Waals surface area contributed by atoms with Crippen LogP contribution in [-0.4, -0.2) is 35.3 Å². The number of rotatable bonds is 1. The molecule has 0 bridgehead atoms. The summed E-state index contributed by atoms with van der Waals surface area (Å²) in [6.07, 6.45) is 1.20. The van der Waals surface area contributed by atoms with Gasteiger partial charge in [0, 0.05) is 6.54 Å². The molecule has 3 rings (SSSR count). The quantitative estimate of drug-likeness (QED) is 0.742. The van der Waals surface area contributed by atoms with Crippen LogP contribution < -0.4 is 4.90 Å². The number of fused-ring (bicyclic) bond motifs is 1. The fraction of sp³-hybridized carbons (Fsp3) is 0.429. The Labute approximate surface area is 119 Å². The summed E-state index contributed by atoms with van der Waals surface area (Å²) in [5, 5.41) is 0. The van der Waals surface area contributed by atoms with Gasteiger partial charge in [-0.05, 0) is 31.9 Å². The molecule has 21 heavy (non-hydrogen) atoms. The molecule has 2 aliphatic heterocycles. The molecule has 7 heteroatoms. The number of hydrogen-bond donors (Lipinski definition) is 0. The van der Waals surface area contributed by atoms with E-state index in [2.05, 4.69) is 0 Å². The Bertz CT molecular complexity index is 635. The summed E-state index contributed by atoms with van der Waals surface area (Å²) >= 11 is 0. The molecule has 1 aromatic carbocycles. The maximum Gasteiger partial charge on any atom is 0.250 e. The van der Waals surface area contributed by atoms with Crippen LogP contribution >= 0.6 is 0 Å². The SMILES string of the molecule is CC1C(=O)N2CCCC2C(=O)N1c1ccc(F)c(F)c1F. The van der Waals surface area contributed by atoms with E-state index in [9.17, 15) is 22.8 Å². The van der Waals surface area contributed by atoms with Crippen molar-refractivity contribution < 1.29 is 22.8 Å². The van der Waals surface area contributed by atoms with Gasteiger partial charge < -0.3 is 4.90 Å². The summed E-state index contributed by atoms with van der Waals surface area (Å²) < 4.78 is 40.3. The highest BCUT2D eigenvalue weighted by Gasteiger charge is 2.47. The minimum Gasteiger partial charge on any atom is -0.329 e. The molecule has 112 valence electrons. The van der Waals surface area contributed by atoms with Crippen LogP contribution in [0.3, 0.4) is 0 Å². The average Bonchev–Trinajstić information content (AvgIpc) is 2.95. The Morgan fingerprint density at radius 2 is 1.81 bits per heavy atom. The fourth-order valence-corrected chi connectivity index (χ4v) is 3.02. The number of nitrogens with zero attached hydrogens (tertiary/aromatic N) is 2. The number of amides is 2. The van der Waals surface area contributed by atoms with Crippen LogP contribution in [0.4, 0.5) is 18.9 Å². The molecule has 0 aliphatic carbocycles. The van der Waals surface area contributed by atoms with E-state index in [1.165, 1.54) is 11.8 Å². The Morgan fingerprint density at radius 1 is 1.10 bits per heavy atom. The van der Waals surface area contributed by atoms with Crippen LogP contribution in [0.1, 0.15) is 19.8 Å². The van der Waals surface area contributed by atoms with Gasteiger partial charge in [0.25, 0.3) is 5.91 Å². The van der Waals surface area contributed by atoms with Gasteiger partial charge in [-0.1, -0.05) is 0 Å². The Morgan fingerprint density at radius 3 is 2.52 bits per heavy atom. The molecule has 0 aromatic heterocycles. The minimum absolute atomic E-state index is 0.304. The van der Waals surface area contributed by atoms with Gasteiger partial charge in [-0.2, -0.15) is 0 Å². The zero-order chi connectivity index (χ0) is 15.3. The minimum atomic E-state index is -1.64. The molecule has 2 saturated heterocycles. The first-order valence-electron chi connectivity index (χ1n) is 6.70. The van der Waals surface area contributed by atoms with Gasteiger partial charge in [0.15, 0.2) is 17.5 Å². The number of benzene rings is 1. The van der Waals surface area contributed by atoms with Crippen LogP contribution in [0.2, 0.25) is 0 Å². The number of anilines is 1. The Hall–Kier alpha value is -2.05. The highest BCUT2D eigenvalue weighted by atomic mass is 19.2. The van der Waals surface area contributed by atoms with Crippen molar-refractivity contribution in [3.63, 3.8) is 0 Å². The number of carbonyl (C=O) groups excluding carboxylic acids is 2. The molecule has 2 unspecified atom stereocenters. The lowest BCUT2D eigenvalue weighted by Gasteiger charge is -2.40. The second kappa shape index (κ2) is 4.75. The van der Waals surface area contributed by atoms with E-state index in [-0.39, 0.29) is 5.91 Å². The van der Waals surface area contributed by atoms with Crippen molar-refractivity contribution in [1.29, 1.82) is 0 Å². The van der Waals surface area contributed by atoms with E-state index in [4.69, 9.17) is 0 Å². The number of halogens is 3. The van der Waals surface area contributed by atoms with Crippen LogP contribution in [0, 0.1) is 17.5 Å². The molecule has 2 atom stereocenters. The van der Waals surface area contributed by atoms with Crippen LogP contribution in [0.5, 0.6) is 0 Å². The first-order chi connectivity index (χ1) is 9.93. The third kappa shape index (κ3) is 1.91. The summed E-state index contributed by atoms with van der Waals surface area (Å²) in [5.41, 5.74) is -0.397.